The second kappa shape index (κ2) is 20.8. The van der Waals surface area contributed by atoms with E-state index < -0.39 is 5.60 Å². The average molecular weight is 880 g/mol. The molecule has 4 heterocycles. The predicted molar refractivity (Wildman–Crippen MR) is 252 cm³/mol. The lowest BCUT2D eigenvalue weighted by Crippen LogP contribution is -2.44. The van der Waals surface area contributed by atoms with Gasteiger partial charge in [0.1, 0.15) is 5.60 Å². The summed E-state index contributed by atoms with van der Waals surface area (Å²) in [6.07, 6.45) is 15.0. The number of hydrogen-bond donors (Lipinski definition) is 4. The van der Waals surface area contributed by atoms with Crippen LogP contribution in [0, 0.1) is 0 Å². The minimum Gasteiger partial charge on any atom is -0.444 e. The van der Waals surface area contributed by atoms with Crippen molar-refractivity contribution < 1.29 is 9.53 Å². The molecule has 324 valence electrons. The number of fused-ring (bicyclic) bond motifs is 2. The number of alkyl carbamates (subject to hydrolysis) is 1. The van der Waals surface area contributed by atoms with Gasteiger partial charge >= 0.3 is 6.09 Å². The van der Waals surface area contributed by atoms with Crippen LogP contribution in [0.15, 0.2) is 73.3 Å². The molecule has 1 amide bonds. The Morgan fingerprint density at radius 3 is 1.68 bits per heavy atom. The Balaban J connectivity index is 0.000000258. The third-order valence-corrected chi connectivity index (χ3v) is 11.2. The Kier molecular flexibility index (Phi) is 16.6. The van der Waals surface area contributed by atoms with Crippen molar-refractivity contribution in [2.24, 2.45) is 19.8 Å². The van der Waals surface area contributed by atoms with Gasteiger partial charge in [-0.15, -0.1) is 12.4 Å². The van der Waals surface area contributed by atoms with Gasteiger partial charge in [-0.2, -0.15) is 0 Å². The van der Waals surface area contributed by atoms with Crippen molar-refractivity contribution in [3.63, 3.8) is 0 Å². The van der Waals surface area contributed by atoms with Gasteiger partial charge < -0.3 is 35.6 Å². The van der Waals surface area contributed by atoms with Crippen LogP contribution in [0.1, 0.15) is 87.0 Å². The zero-order valence-electron chi connectivity index (χ0n) is 33.6. The van der Waals surface area contributed by atoms with E-state index in [1.54, 1.807) is 12.4 Å². The Bertz CT molecular complexity index is 2360. The molecule has 0 spiro atoms. The van der Waals surface area contributed by atoms with E-state index in [-0.39, 0.29) is 51.5 Å². The van der Waals surface area contributed by atoms with E-state index in [1.807, 2.05) is 65.5 Å². The maximum atomic E-state index is 12.1. The van der Waals surface area contributed by atoms with Gasteiger partial charge in [-0.1, -0.05) is 62.3 Å². The van der Waals surface area contributed by atoms with Crippen molar-refractivity contribution in [2.75, 3.05) is 10.6 Å². The predicted octanol–water partition coefficient (Wildman–Crippen LogP) is 11.2. The summed E-state index contributed by atoms with van der Waals surface area (Å²) in [4.78, 5) is 30.4. The molecule has 0 radical (unpaired) electrons. The molecular weight excluding hydrogens is 819 g/mol. The van der Waals surface area contributed by atoms with Crippen LogP contribution in [0.4, 0.5) is 16.7 Å². The van der Waals surface area contributed by atoms with Crippen LogP contribution < -0.4 is 21.7 Å². The number of rotatable bonds is 7. The maximum absolute atomic E-state index is 12.1. The molecule has 60 heavy (non-hydrogen) atoms. The number of nitrogens with zero attached hydrogens (tertiary/aromatic N) is 6. The molecule has 2 saturated carbocycles. The zero-order valence-corrected chi connectivity index (χ0v) is 36.0. The van der Waals surface area contributed by atoms with E-state index in [0.717, 1.165) is 90.0 Å². The topological polar surface area (TPSA) is 150 Å². The van der Waals surface area contributed by atoms with E-state index in [0.29, 0.717) is 33.7 Å². The molecule has 5 N–H and O–H groups in total. The van der Waals surface area contributed by atoms with Crippen LogP contribution in [0.3, 0.4) is 0 Å². The maximum Gasteiger partial charge on any atom is 0.407 e. The number of nitrogens with one attached hydrogen (secondary N) is 3. The molecule has 2 aliphatic rings. The van der Waals surface area contributed by atoms with Crippen molar-refractivity contribution in [1.29, 1.82) is 0 Å². The summed E-state index contributed by atoms with van der Waals surface area (Å²) in [5, 5.41) is 13.2. The largest absolute Gasteiger partial charge is 0.444 e. The number of amides is 1. The second-order valence-corrected chi connectivity index (χ2v) is 17.0. The molecule has 2 fully saturated rings. The monoisotopic (exact) mass is 878 g/mol. The third kappa shape index (κ3) is 11.6. The normalized spacial score (nSPS) is 18.8. The number of hydrogen-bond acceptors (Lipinski definition) is 9. The first-order valence-electron chi connectivity index (χ1n) is 19.7. The highest BCUT2D eigenvalue weighted by Crippen LogP contribution is 2.35. The van der Waals surface area contributed by atoms with Gasteiger partial charge in [0, 0.05) is 83.6 Å². The molecule has 4 aromatic heterocycles. The van der Waals surface area contributed by atoms with E-state index in [2.05, 4.69) is 65.4 Å². The number of carbonyl (C=O) groups is 1. The summed E-state index contributed by atoms with van der Waals surface area (Å²) in [7, 11) is 4.05. The van der Waals surface area contributed by atoms with Crippen LogP contribution >= 0.6 is 35.6 Å². The number of carbonyl (C=O) groups excluding carboxylic acids is 1. The van der Waals surface area contributed by atoms with Crippen LogP contribution in [0.5, 0.6) is 0 Å². The minimum atomic E-state index is -0.508. The summed E-state index contributed by atoms with van der Waals surface area (Å²) >= 11 is 12.9. The number of nitrogens with two attached hydrogens (primary N) is 1. The van der Waals surface area contributed by atoms with Crippen molar-refractivity contribution in [2.45, 2.75) is 117 Å². The van der Waals surface area contributed by atoms with E-state index in [9.17, 15) is 4.79 Å². The lowest BCUT2D eigenvalue weighted by Gasteiger charge is -2.31. The standard InChI is InChI=1S/C24H30ClN5O2.C19H22ClN5.2CH4.ClH/c1-24(2,3)32-23(31)28-16-8-5-7-15(13-16)27-22-26-14-19(25)21(29-22)18-9-6-10-20-17(18)11-12-30(20)4;1-25-9-8-14-15(6-3-7-17(14)25)18-16(20)11-22-19(24-18)23-13-5-2-4-12(21)10-13;;;/h6,9-12,14-16H,5,7-8,13H2,1-4H3,(H,28,31)(H,26,27,29);3,6-9,11-13H,2,4-5,10,21H2,1H3,(H,22,23,24);2*1H4;1H/t15-,16+;12-,13+;;;/m10.../s1. The first-order chi connectivity index (χ1) is 27.3. The quantitative estimate of drug-likeness (QED) is 0.123. The van der Waals surface area contributed by atoms with Gasteiger partial charge in [0.05, 0.1) is 33.8 Å². The van der Waals surface area contributed by atoms with Gasteiger partial charge in [-0.05, 0) is 96.4 Å². The Morgan fingerprint density at radius 2 is 1.20 bits per heavy atom. The summed E-state index contributed by atoms with van der Waals surface area (Å²) in [5.74, 6) is 1.16. The zero-order chi connectivity index (χ0) is 40.3. The summed E-state index contributed by atoms with van der Waals surface area (Å²) in [5.41, 5.74) is 11.3. The number of anilines is 2. The fraction of sp³-hybridized carbons (Fsp3) is 0.444. The Labute approximate surface area is 370 Å². The molecule has 0 aliphatic heterocycles. The fourth-order valence-corrected chi connectivity index (χ4v) is 8.30. The smallest absolute Gasteiger partial charge is 0.407 e. The number of benzene rings is 2. The van der Waals surface area contributed by atoms with Crippen LogP contribution in [0.2, 0.25) is 10.0 Å². The first kappa shape index (κ1) is 48.1. The number of ether oxygens (including phenoxy) is 1. The molecule has 0 saturated heterocycles. The van der Waals surface area contributed by atoms with E-state index >= 15 is 0 Å². The van der Waals surface area contributed by atoms with E-state index in [4.69, 9.17) is 43.6 Å². The van der Waals surface area contributed by atoms with Crippen LogP contribution in [-0.2, 0) is 18.8 Å². The molecule has 2 aromatic carbocycles. The fourth-order valence-electron chi connectivity index (χ4n) is 7.92. The summed E-state index contributed by atoms with van der Waals surface area (Å²) < 4.78 is 9.57. The van der Waals surface area contributed by atoms with Gasteiger partial charge in [-0.3, -0.25) is 0 Å². The SMILES string of the molecule is C.C.Cl.Cn1ccc2c(-c3nc(N[C@@H]4CCC[C@H](N)C4)ncc3Cl)cccc21.Cn1ccc2c(-c3nc(N[C@@H]4CCC[C@H](NC(=O)OC(C)(C)C)C4)ncc3Cl)cccc21. The molecule has 4 atom stereocenters. The molecule has 12 nitrogen and oxygen atoms in total. The van der Waals surface area contributed by atoms with Gasteiger partial charge in [0.25, 0.3) is 0 Å². The highest BCUT2D eigenvalue weighted by atomic mass is 35.5. The van der Waals surface area contributed by atoms with Crippen LogP contribution in [0.25, 0.3) is 44.3 Å². The lowest BCUT2D eigenvalue weighted by atomic mass is 9.91. The van der Waals surface area contributed by atoms with Crippen molar-refractivity contribution in [1.82, 2.24) is 34.4 Å². The van der Waals surface area contributed by atoms with Gasteiger partial charge in [0.2, 0.25) is 11.9 Å². The van der Waals surface area contributed by atoms with Crippen molar-refractivity contribution >= 4 is 75.4 Å². The Hall–Kier alpha value is -4.62. The Morgan fingerprint density at radius 1 is 0.733 bits per heavy atom. The van der Waals surface area contributed by atoms with Crippen LogP contribution in [-0.4, -0.2) is 64.9 Å². The molecule has 2 aliphatic carbocycles. The third-order valence-electron chi connectivity index (χ3n) is 10.6. The van der Waals surface area contributed by atoms with Gasteiger partial charge in [-0.25, -0.2) is 24.7 Å². The summed E-state index contributed by atoms with van der Waals surface area (Å²) in [6, 6.07) is 17.3. The van der Waals surface area contributed by atoms with Crippen molar-refractivity contribution in [3.05, 3.63) is 83.4 Å². The second-order valence-electron chi connectivity index (χ2n) is 16.2. The first-order valence-corrected chi connectivity index (χ1v) is 20.5. The molecular formula is C45H61Cl3N10O2. The summed E-state index contributed by atoms with van der Waals surface area (Å²) in [6.45, 7) is 5.59. The van der Waals surface area contributed by atoms with E-state index in [1.165, 1.54) is 0 Å². The molecule has 8 rings (SSSR count). The average Bonchev–Trinajstić information content (AvgIpc) is 3.75. The highest BCUT2D eigenvalue weighted by molar-refractivity contribution is 6.33. The number of aromatic nitrogens is 6. The number of aryl methyl sites for hydroxylation is 2. The van der Waals surface area contributed by atoms with Gasteiger partial charge in [0.15, 0.2) is 0 Å². The molecule has 0 unspecified atom stereocenters. The lowest BCUT2D eigenvalue weighted by molar-refractivity contribution is 0.0492. The van der Waals surface area contributed by atoms with Crippen molar-refractivity contribution in [3.8, 4) is 22.5 Å². The molecule has 6 aromatic rings. The number of halogens is 3. The molecule has 15 heteroatoms. The minimum absolute atomic E-state index is 0. The highest BCUT2D eigenvalue weighted by Gasteiger charge is 2.27. The molecule has 0 bridgehead atoms.